The van der Waals surface area contributed by atoms with Crippen LogP contribution in [0.15, 0.2) is 24.3 Å². The molecule has 0 bridgehead atoms. The number of carbonyl (C=O) groups is 1. The van der Waals surface area contributed by atoms with Crippen molar-refractivity contribution in [2.75, 3.05) is 6.26 Å². The van der Waals surface area contributed by atoms with Gasteiger partial charge in [-0.1, -0.05) is 12.1 Å². The van der Waals surface area contributed by atoms with Crippen LogP contribution in [-0.2, 0) is 0 Å². The van der Waals surface area contributed by atoms with Crippen LogP contribution in [0.1, 0.15) is 24.2 Å². The molecule has 0 aliphatic carbocycles. The van der Waals surface area contributed by atoms with Gasteiger partial charge in [0.2, 0.25) is 0 Å². The first-order valence-corrected chi connectivity index (χ1v) is 5.55. The average molecular weight is 212 g/mol. The summed E-state index contributed by atoms with van der Waals surface area (Å²) >= 11 is 1.46. The highest BCUT2D eigenvalue weighted by molar-refractivity contribution is 8.00. The second-order valence-electron chi connectivity index (χ2n) is 3.55. The maximum Gasteiger partial charge on any atom is 0.178 e. The highest BCUT2D eigenvalue weighted by Gasteiger charge is 2.27. The Morgan fingerprint density at radius 3 is 2.57 bits per heavy atom. The van der Waals surface area contributed by atoms with Crippen molar-refractivity contribution in [2.45, 2.75) is 18.6 Å². The molecule has 3 heteroatoms. The summed E-state index contributed by atoms with van der Waals surface area (Å²) < 4.78 is 12.4. The molecule has 0 heterocycles. The van der Waals surface area contributed by atoms with Gasteiger partial charge in [-0.3, -0.25) is 4.79 Å². The lowest BCUT2D eigenvalue weighted by molar-refractivity contribution is 0.0958. The van der Waals surface area contributed by atoms with Gasteiger partial charge in [0.15, 0.2) is 5.78 Å². The van der Waals surface area contributed by atoms with E-state index in [2.05, 4.69) is 0 Å². The van der Waals surface area contributed by atoms with Crippen molar-refractivity contribution < 1.29 is 9.18 Å². The number of thioether (sulfide) groups is 1. The van der Waals surface area contributed by atoms with Gasteiger partial charge in [-0.05, 0) is 32.2 Å². The van der Waals surface area contributed by atoms with E-state index >= 15 is 0 Å². The fraction of sp³-hybridized carbons (Fsp3) is 0.364. The Labute approximate surface area is 87.7 Å². The predicted molar refractivity (Wildman–Crippen MR) is 58.3 cm³/mol. The number of halogens is 1. The molecule has 0 aliphatic heterocycles. The van der Waals surface area contributed by atoms with Crippen LogP contribution < -0.4 is 0 Å². The maximum absolute atomic E-state index is 12.9. The summed E-state index contributed by atoms with van der Waals surface area (Å²) in [6, 6.07) is 5.81. The largest absolute Gasteiger partial charge is 0.293 e. The third-order valence-corrected chi connectivity index (χ3v) is 3.35. The van der Waals surface area contributed by atoms with Gasteiger partial charge in [-0.25, -0.2) is 4.39 Å². The normalized spacial score (nSPS) is 11.4. The van der Waals surface area contributed by atoms with Gasteiger partial charge < -0.3 is 0 Å². The Kier molecular flexibility index (Phi) is 3.32. The number of carbonyl (C=O) groups excluding carboxylic acids is 1. The molecule has 0 saturated heterocycles. The smallest absolute Gasteiger partial charge is 0.178 e. The van der Waals surface area contributed by atoms with Crippen molar-refractivity contribution in [1.29, 1.82) is 0 Å². The second kappa shape index (κ2) is 4.13. The molecule has 76 valence electrons. The van der Waals surface area contributed by atoms with Crippen LogP contribution >= 0.6 is 11.8 Å². The Bertz CT molecular complexity index is 347. The van der Waals surface area contributed by atoms with Crippen molar-refractivity contribution in [2.24, 2.45) is 0 Å². The summed E-state index contributed by atoms with van der Waals surface area (Å²) in [4.78, 5) is 11.9. The molecule has 0 aromatic heterocycles. The standard InChI is InChI=1S/C11H13FOS/c1-11(2,14-3)10(13)8-5-4-6-9(12)7-8/h4-7H,1-3H3. The van der Waals surface area contributed by atoms with E-state index in [1.54, 1.807) is 12.1 Å². The molecule has 1 rings (SSSR count). The van der Waals surface area contributed by atoms with Crippen molar-refractivity contribution in [3.8, 4) is 0 Å². The molecule has 0 amide bonds. The third kappa shape index (κ3) is 2.35. The highest BCUT2D eigenvalue weighted by atomic mass is 32.2. The van der Waals surface area contributed by atoms with E-state index in [0.29, 0.717) is 5.56 Å². The van der Waals surface area contributed by atoms with E-state index in [1.165, 1.54) is 23.9 Å². The van der Waals surface area contributed by atoms with Crippen molar-refractivity contribution >= 4 is 17.5 Å². The van der Waals surface area contributed by atoms with Gasteiger partial charge in [0, 0.05) is 5.56 Å². The first-order chi connectivity index (χ1) is 6.47. The number of hydrogen-bond donors (Lipinski definition) is 0. The fourth-order valence-corrected chi connectivity index (χ4v) is 1.37. The minimum atomic E-state index is -0.492. The van der Waals surface area contributed by atoms with Crippen molar-refractivity contribution in [1.82, 2.24) is 0 Å². The Balaban J connectivity index is 3.01. The van der Waals surface area contributed by atoms with E-state index < -0.39 is 4.75 Å². The van der Waals surface area contributed by atoms with Crippen molar-refractivity contribution in [3.63, 3.8) is 0 Å². The third-order valence-electron chi connectivity index (χ3n) is 2.14. The van der Waals surface area contributed by atoms with E-state index in [4.69, 9.17) is 0 Å². The topological polar surface area (TPSA) is 17.1 Å². The van der Waals surface area contributed by atoms with Gasteiger partial charge in [0.25, 0.3) is 0 Å². The minimum Gasteiger partial charge on any atom is -0.293 e. The minimum absolute atomic E-state index is 0.0375. The molecule has 0 spiro atoms. The second-order valence-corrected chi connectivity index (χ2v) is 4.98. The Morgan fingerprint density at radius 1 is 1.43 bits per heavy atom. The fourth-order valence-electron chi connectivity index (χ4n) is 1.07. The molecule has 0 fully saturated rings. The molecule has 1 nitrogen and oxygen atoms in total. The van der Waals surface area contributed by atoms with E-state index in [-0.39, 0.29) is 11.6 Å². The van der Waals surface area contributed by atoms with Gasteiger partial charge in [-0.2, -0.15) is 11.8 Å². The van der Waals surface area contributed by atoms with Gasteiger partial charge in [0.05, 0.1) is 4.75 Å². The lowest BCUT2D eigenvalue weighted by atomic mass is 10.0. The SMILES string of the molecule is CSC(C)(C)C(=O)c1cccc(F)c1. The molecule has 0 unspecified atom stereocenters. The zero-order chi connectivity index (χ0) is 10.8. The summed E-state index contributed by atoms with van der Waals surface area (Å²) in [6.45, 7) is 3.68. The van der Waals surface area contributed by atoms with E-state index in [1.807, 2.05) is 20.1 Å². The summed E-state index contributed by atoms with van der Waals surface area (Å²) in [6.07, 6.45) is 1.87. The molecular weight excluding hydrogens is 199 g/mol. The quantitative estimate of drug-likeness (QED) is 0.716. The van der Waals surface area contributed by atoms with Crippen LogP contribution in [0.4, 0.5) is 4.39 Å². The summed E-state index contributed by atoms with van der Waals surface area (Å²) in [5, 5.41) is 0. The molecule has 1 aromatic carbocycles. The first kappa shape index (κ1) is 11.2. The summed E-state index contributed by atoms with van der Waals surface area (Å²) in [5.41, 5.74) is 0.435. The number of hydrogen-bond acceptors (Lipinski definition) is 2. The molecule has 14 heavy (non-hydrogen) atoms. The molecule has 0 N–H and O–H groups in total. The maximum atomic E-state index is 12.9. The monoisotopic (exact) mass is 212 g/mol. The molecular formula is C11H13FOS. The van der Waals surface area contributed by atoms with Crippen LogP contribution in [-0.4, -0.2) is 16.8 Å². The zero-order valence-corrected chi connectivity index (χ0v) is 9.32. The Hall–Kier alpha value is -0.830. The van der Waals surface area contributed by atoms with Crippen molar-refractivity contribution in [3.05, 3.63) is 35.6 Å². The predicted octanol–water partition coefficient (Wildman–Crippen LogP) is 3.15. The molecule has 0 saturated carbocycles. The van der Waals surface area contributed by atoms with Crippen LogP contribution in [0.2, 0.25) is 0 Å². The van der Waals surface area contributed by atoms with Crippen LogP contribution in [0.3, 0.4) is 0 Å². The number of ketones is 1. The molecule has 0 aliphatic rings. The summed E-state index contributed by atoms with van der Waals surface area (Å²) in [5.74, 6) is -0.405. The zero-order valence-electron chi connectivity index (χ0n) is 8.50. The lowest BCUT2D eigenvalue weighted by Crippen LogP contribution is -2.27. The van der Waals surface area contributed by atoms with Gasteiger partial charge >= 0.3 is 0 Å². The van der Waals surface area contributed by atoms with E-state index in [9.17, 15) is 9.18 Å². The summed E-state index contributed by atoms with van der Waals surface area (Å²) in [7, 11) is 0. The van der Waals surface area contributed by atoms with Crippen LogP contribution in [0, 0.1) is 5.82 Å². The number of rotatable bonds is 3. The van der Waals surface area contributed by atoms with Gasteiger partial charge in [-0.15, -0.1) is 0 Å². The molecule has 0 radical (unpaired) electrons. The average Bonchev–Trinajstić information content (AvgIpc) is 2.16. The highest BCUT2D eigenvalue weighted by Crippen LogP contribution is 2.26. The Morgan fingerprint density at radius 2 is 2.07 bits per heavy atom. The lowest BCUT2D eigenvalue weighted by Gasteiger charge is -2.20. The number of Topliss-reactive ketones (excluding diaryl/α,β-unsaturated/α-hetero) is 1. The van der Waals surface area contributed by atoms with E-state index in [0.717, 1.165) is 0 Å². The van der Waals surface area contributed by atoms with Gasteiger partial charge in [0.1, 0.15) is 5.82 Å². The first-order valence-electron chi connectivity index (χ1n) is 4.33. The molecule has 1 aromatic rings. The van der Waals surface area contributed by atoms with Crippen LogP contribution in [0.5, 0.6) is 0 Å². The molecule has 0 atom stereocenters. The number of benzene rings is 1. The van der Waals surface area contributed by atoms with Crippen LogP contribution in [0.25, 0.3) is 0 Å².